The predicted molar refractivity (Wildman–Crippen MR) is 55.3 cm³/mol. The first-order valence-corrected chi connectivity index (χ1v) is 4.76. The second-order valence-electron chi connectivity index (χ2n) is 3.31. The monoisotopic (exact) mass is 184 g/mol. The average Bonchev–Trinajstić information content (AvgIpc) is 2.13. The number of hydrogen-bond acceptors (Lipinski definition) is 2. The molecule has 3 nitrogen and oxygen atoms in total. The minimum Gasteiger partial charge on any atom is -0.350 e. The van der Waals surface area contributed by atoms with Crippen LogP contribution in [-0.4, -0.2) is 18.5 Å². The molecule has 3 N–H and O–H groups in total. The minimum atomic E-state index is 0.0442. The molecule has 0 aromatic rings. The van der Waals surface area contributed by atoms with Crippen molar-refractivity contribution in [3.63, 3.8) is 0 Å². The molecule has 0 radical (unpaired) electrons. The van der Waals surface area contributed by atoms with Crippen LogP contribution in [0.25, 0.3) is 0 Å². The molecule has 0 bridgehead atoms. The summed E-state index contributed by atoms with van der Waals surface area (Å²) in [6.07, 6.45) is 3.18. The number of carbonyl (C=O) groups excluding carboxylic acids is 1. The summed E-state index contributed by atoms with van der Waals surface area (Å²) >= 11 is 0. The molecule has 1 amide bonds. The average molecular weight is 184 g/mol. The quantitative estimate of drug-likeness (QED) is 0.606. The summed E-state index contributed by atoms with van der Waals surface area (Å²) in [7, 11) is 0. The number of carbonyl (C=O) groups is 1. The molecule has 0 fully saturated rings. The number of nitrogens with one attached hydrogen (secondary N) is 1. The Labute approximate surface area is 80.4 Å². The second kappa shape index (κ2) is 6.66. The maximum absolute atomic E-state index is 11.3. The van der Waals surface area contributed by atoms with Gasteiger partial charge in [-0.2, -0.15) is 0 Å². The molecule has 0 heterocycles. The molecule has 13 heavy (non-hydrogen) atoms. The molecular weight excluding hydrogens is 164 g/mol. The maximum atomic E-state index is 11.3. The van der Waals surface area contributed by atoms with Crippen LogP contribution in [0.1, 0.15) is 26.7 Å². The van der Waals surface area contributed by atoms with Crippen molar-refractivity contribution in [1.29, 1.82) is 0 Å². The van der Waals surface area contributed by atoms with Crippen LogP contribution >= 0.6 is 0 Å². The van der Waals surface area contributed by atoms with Crippen LogP contribution in [0.3, 0.4) is 0 Å². The van der Waals surface area contributed by atoms with Gasteiger partial charge in [-0.3, -0.25) is 4.79 Å². The van der Waals surface area contributed by atoms with Gasteiger partial charge in [0.15, 0.2) is 0 Å². The molecule has 0 aromatic heterocycles. The predicted octanol–water partition coefficient (Wildman–Crippen LogP) is 1.05. The van der Waals surface area contributed by atoms with Crippen molar-refractivity contribution in [3.05, 3.63) is 12.7 Å². The van der Waals surface area contributed by atoms with E-state index in [1.54, 1.807) is 6.08 Å². The van der Waals surface area contributed by atoms with Crippen molar-refractivity contribution in [3.8, 4) is 0 Å². The summed E-state index contributed by atoms with van der Waals surface area (Å²) in [4.78, 5) is 11.3. The van der Waals surface area contributed by atoms with E-state index in [0.717, 1.165) is 6.42 Å². The van der Waals surface area contributed by atoms with Crippen molar-refractivity contribution in [1.82, 2.24) is 5.32 Å². The van der Waals surface area contributed by atoms with Gasteiger partial charge in [0.1, 0.15) is 0 Å². The van der Waals surface area contributed by atoms with Gasteiger partial charge in [0.05, 0.1) is 0 Å². The lowest BCUT2D eigenvalue weighted by Gasteiger charge is -2.13. The Morgan fingerprint density at radius 3 is 2.69 bits per heavy atom. The van der Waals surface area contributed by atoms with Crippen molar-refractivity contribution in [2.24, 2.45) is 11.7 Å². The number of nitrogens with two attached hydrogens (primary N) is 1. The van der Waals surface area contributed by atoms with Gasteiger partial charge >= 0.3 is 0 Å². The summed E-state index contributed by atoms with van der Waals surface area (Å²) in [6, 6.07) is 0.0442. The molecule has 0 aliphatic carbocycles. The van der Waals surface area contributed by atoms with Crippen LogP contribution in [0.15, 0.2) is 12.7 Å². The lowest BCUT2D eigenvalue weighted by molar-refractivity contribution is -0.122. The van der Waals surface area contributed by atoms with Crippen LogP contribution in [-0.2, 0) is 4.79 Å². The van der Waals surface area contributed by atoms with Crippen LogP contribution < -0.4 is 11.1 Å². The third kappa shape index (κ3) is 5.42. The van der Waals surface area contributed by atoms with E-state index < -0.39 is 0 Å². The van der Waals surface area contributed by atoms with Gasteiger partial charge in [-0.25, -0.2) is 0 Å². The summed E-state index contributed by atoms with van der Waals surface area (Å²) in [5.74, 6) is 0.363. The Morgan fingerprint density at radius 1 is 1.69 bits per heavy atom. The highest BCUT2D eigenvalue weighted by molar-refractivity contribution is 5.76. The van der Waals surface area contributed by atoms with Crippen molar-refractivity contribution >= 4 is 5.91 Å². The summed E-state index contributed by atoms with van der Waals surface area (Å²) in [5.41, 5.74) is 5.49. The van der Waals surface area contributed by atoms with E-state index in [4.69, 9.17) is 5.73 Å². The molecule has 2 unspecified atom stereocenters. The fraction of sp³-hybridized carbons (Fsp3) is 0.700. The van der Waals surface area contributed by atoms with Crippen molar-refractivity contribution < 1.29 is 4.79 Å². The molecule has 0 aliphatic rings. The zero-order valence-electron chi connectivity index (χ0n) is 8.55. The standard InChI is InChI=1S/C10H20N2O/c1-4-8(3)12-10(13)6-9(5-2)7-11/h4,8-9H,1,5-7,11H2,2-3H3,(H,12,13). The van der Waals surface area contributed by atoms with Crippen LogP contribution in [0.5, 0.6) is 0 Å². The first-order valence-electron chi connectivity index (χ1n) is 4.76. The number of rotatable bonds is 6. The number of hydrogen-bond donors (Lipinski definition) is 2. The minimum absolute atomic E-state index is 0.0442. The highest BCUT2D eigenvalue weighted by atomic mass is 16.1. The maximum Gasteiger partial charge on any atom is 0.220 e. The van der Waals surface area contributed by atoms with Gasteiger partial charge in [-0.05, 0) is 19.4 Å². The van der Waals surface area contributed by atoms with E-state index >= 15 is 0 Å². The Balaban J connectivity index is 3.78. The van der Waals surface area contributed by atoms with E-state index in [0.29, 0.717) is 18.9 Å². The molecule has 0 aliphatic heterocycles. The van der Waals surface area contributed by atoms with E-state index in [-0.39, 0.29) is 11.9 Å². The zero-order chi connectivity index (χ0) is 10.3. The lowest BCUT2D eigenvalue weighted by atomic mass is 10.0. The van der Waals surface area contributed by atoms with Gasteiger partial charge < -0.3 is 11.1 Å². The van der Waals surface area contributed by atoms with Gasteiger partial charge in [0.25, 0.3) is 0 Å². The second-order valence-corrected chi connectivity index (χ2v) is 3.31. The highest BCUT2D eigenvalue weighted by Crippen LogP contribution is 2.05. The highest BCUT2D eigenvalue weighted by Gasteiger charge is 2.10. The molecule has 0 saturated heterocycles. The molecule has 0 aromatic carbocycles. The Morgan fingerprint density at radius 2 is 2.31 bits per heavy atom. The first kappa shape index (κ1) is 12.2. The largest absolute Gasteiger partial charge is 0.350 e. The normalized spacial score (nSPS) is 14.7. The summed E-state index contributed by atoms with van der Waals surface area (Å²) < 4.78 is 0. The van der Waals surface area contributed by atoms with Crippen LogP contribution in [0.4, 0.5) is 0 Å². The van der Waals surface area contributed by atoms with Gasteiger partial charge in [0.2, 0.25) is 5.91 Å². The molecule has 0 spiro atoms. The van der Waals surface area contributed by atoms with Crippen LogP contribution in [0, 0.1) is 5.92 Å². The van der Waals surface area contributed by atoms with E-state index in [1.807, 2.05) is 13.8 Å². The molecule has 3 heteroatoms. The van der Waals surface area contributed by atoms with E-state index in [2.05, 4.69) is 11.9 Å². The smallest absolute Gasteiger partial charge is 0.220 e. The Hall–Kier alpha value is -0.830. The topological polar surface area (TPSA) is 55.1 Å². The molecule has 76 valence electrons. The van der Waals surface area contributed by atoms with Gasteiger partial charge in [0, 0.05) is 12.5 Å². The van der Waals surface area contributed by atoms with Gasteiger partial charge in [-0.15, -0.1) is 6.58 Å². The Bertz CT molecular complexity index is 164. The first-order chi connectivity index (χ1) is 6.13. The third-order valence-corrected chi connectivity index (χ3v) is 2.13. The lowest BCUT2D eigenvalue weighted by Crippen LogP contribution is -2.33. The van der Waals surface area contributed by atoms with Crippen LogP contribution in [0.2, 0.25) is 0 Å². The van der Waals surface area contributed by atoms with Gasteiger partial charge in [-0.1, -0.05) is 19.4 Å². The fourth-order valence-corrected chi connectivity index (χ4v) is 1.03. The number of amides is 1. The summed E-state index contributed by atoms with van der Waals surface area (Å²) in [5, 5.41) is 2.82. The molecular formula is C10H20N2O. The fourth-order valence-electron chi connectivity index (χ4n) is 1.03. The zero-order valence-corrected chi connectivity index (χ0v) is 8.55. The molecule has 0 rings (SSSR count). The van der Waals surface area contributed by atoms with E-state index in [1.165, 1.54) is 0 Å². The third-order valence-electron chi connectivity index (χ3n) is 2.13. The van der Waals surface area contributed by atoms with E-state index in [9.17, 15) is 4.79 Å². The summed E-state index contributed by atoms with van der Waals surface area (Å²) in [6.45, 7) is 8.11. The van der Waals surface area contributed by atoms with Crippen molar-refractivity contribution in [2.45, 2.75) is 32.7 Å². The Kier molecular flexibility index (Phi) is 6.24. The van der Waals surface area contributed by atoms with Crippen molar-refractivity contribution in [2.75, 3.05) is 6.54 Å². The SMILES string of the molecule is C=CC(C)NC(=O)CC(CC)CN. The molecule has 2 atom stereocenters. The molecule has 0 saturated carbocycles.